The molecule has 0 amide bonds. The quantitative estimate of drug-likeness (QED) is 0.669. The van der Waals surface area contributed by atoms with E-state index in [-0.39, 0.29) is 5.56 Å². The molecule has 0 aromatic heterocycles. The Bertz CT molecular complexity index is 742. The van der Waals surface area contributed by atoms with Gasteiger partial charge in [0.25, 0.3) is 0 Å². The largest absolute Gasteiger partial charge is 0.497 e. The van der Waals surface area contributed by atoms with Crippen LogP contribution in [0.2, 0.25) is 0 Å². The molecule has 2 rings (SSSR count). The molecule has 2 aromatic rings. The van der Waals surface area contributed by atoms with E-state index in [1.165, 1.54) is 49.6 Å². The summed E-state index contributed by atoms with van der Waals surface area (Å²) in [4.78, 5) is 5.26. The average Bonchev–Trinajstić information content (AvgIpc) is 2.65. The number of hydroxylamine groups is 2. The molecular formula is C20H22F3NO2. The number of alkyl halides is 3. The van der Waals surface area contributed by atoms with Crippen molar-refractivity contribution in [3.63, 3.8) is 0 Å². The molecule has 2 aromatic carbocycles. The lowest BCUT2D eigenvalue weighted by molar-refractivity contribution is -0.166. The maximum absolute atomic E-state index is 13.8. The van der Waals surface area contributed by atoms with Crippen molar-refractivity contribution in [1.82, 2.24) is 5.06 Å². The molecule has 1 atom stereocenters. The minimum atomic E-state index is -4.53. The van der Waals surface area contributed by atoms with E-state index in [9.17, 15) is 13.2 Å². The van der Waals surface area contributed by atoms with E-state index in [4.69, 9.17) is 9.57 Å². The van der Waals surface area contributed by atoms with Crippen molar-refractivity contribution in [1.29, 1.82) is 0 Å². The van der Waals surface area contributed by atoms with E-state index < -0.39 is 17.3 Å². The number of methoxy groups -OCH3 is 1. The fourth-order valence-electron chi connectivity index (χ4n) is 2.70. The van der Waals surface area contributed by atoms with Crippen molar-refractivity contribution in [2.75, 3.05) is 21.3 Å². The molecule has 0 aliphatic rings. The van der Waals surface area contributed by atoms with Crippen molar-refractivity contribution in [2.45, 2.75) is 18.6 Å². The first-order valence-corrected chi connectivity index (χ1v) is 8.00. The average molecular weight is 365 g/mol. The van der Waals surface area contributed by atoms with Crippen LogP contribution in [0, 0.1) is 0 Å². The second kappa shape index (κ2) is 7.93. The monoisotopic (exact) mass is 365 g/mol. The van der Waals surface area contributed by atoms with Gasteiger partial charge in [-0.15, -0.1) is 0 Å². The summed E-state index contributed by atoms with van der Waals surface area (Å²) in [7, 11) is 4.50. The second-order valence-corrected chi connectivity index (χ2v) is 5.98. The lowest BCUT2D eigenvalue weighted by Gasteiger charge is -2.36. The number of likely N-dealkylation sites (N-methyl/N-ethyl adjacent to an activating group) is 1. The number of hydrogen-bond donors (Lipinski definition) is 0. The highest BCUT2D eigenvalue weighted by Crippen LogP contribution is 2.40. The van der Waals surface area contributed by atoms with Gasteiger partial charge in [-0.05, 0) is 36.3 Å². The smallest absolute Gasteiger partial charge is 0.416 e. The van der Waals surface area contributed by atoms with Crippen LogP contribution < -0.4 is 4.74 Å². The Morgan fingerprint density at radius 3 is 2.00 bits per heavy atom. The van der Waals surface area contributed by atoms with E-state index >= 15 is 0 Å². The maximum atomic E-state index is 13.8. The molecule has 0 heterocycles. The minimum Gasteiger partial charge on any atom is -0.497 e. The molecule has 0 fully saturated rings. The Balaban J connectivity index is 2.64. The fraction of sp³-hybridized carbons (Fsp3) is 0.300. The SMILES string of the molecule is COc1ccc(/C(=C\C(C)(c2ccccc2)N(C)OC)C(F)(F)F)cc1. The van der Waals surface area contributed by atoms with Gasteiger partial charge in [0.15, 0.2) is 0 Å². The molecule has 1 unspecified atom stereocenters. The lowest BCUT2D eigenvalue weighted by atomic mass is 9.87. The van der Waals surface area contributed by atoms with Crippen LogP contribution >= 0.6 is 0 Å². The number of benzene rings is 2. The molecule has 0 aliphatic carbocycles. The topological polar surface area (TPSA) is 21.7 Å². The summed E-state index contributed by atoms with van der Waals surface area (Å²) >= 11 is 0. The third-order valence-electron chi connectivity index (χ3n) is 4.42. The number of halogens is 3. The van der Waals surface area contributed by atoms with Crippen LogP contribution in [-0.2, 0) is 10.4 Å². The molecule has 26 heavy (non-hydrogen) atoms. The van der Waals surface area contributed by atoms with Crippen LogP contribution in [0.4, 0.5) is 13.2 Å². The summed E-state index contributed by atoms with van der Waals surface area (Å²) in [6.45, 7) is 1.68. The Morgan fingerprint density at radius 2 is 1.54 bits per heavy atom. The van der Waals surface area contributed by atoms with Gasteiger partial charge in [0.2, 0.25) is 0 Å². The van der Waals surface area contributed by atoms with Crippen molar-refractivity contribution in [3.05, 3.63) is 71.8 Å². The highest BCUT2D eigenvalue weighted by Gasteiger charge is 2.39. The molecule has 140 valence electrons. The highest BCUT2D eigenvalue weighted by atomic mass is 19.4. The first-order chi connectivity index (χ1) is 12.2. The van der Waals surface area contributed by atoms with Crippen LogP contribution in [0.3, 0.4) is 0 Å². The molecular weight excluding hydrogens is 343 g/mol. The molecule has 6 heteroatoms. The summed E-state index contributed by atoms with van der Waals surface area (Å²) in [5.41, 5.74) is -1.12. The zero-order valence-corrected chi connectivity index (χ0v) is 15.2. The van der Waals surface area contributed by atoms with Gasteiger partial charge >= 0.3 is 6.18 Å². The third kappa shape index (κ3) is 4.26. The first-order valence-electron chi connectivity index (χ1n) is 8.00. The Labute approximate surface area is 151 Å². The van der Waals surface area contributed by atoms with Gasteiger partial charge < -0.3 is 9.57 Å². The lowest BCUT2D eigenvalue weighted by Crippen LogP contribution is -2.39. The zero-order valence-electron chi connectivity index (χ0n) is 15.2. The molecule has 0 N–H and O–H groups in total. The van der Waals surface area contributed by atoms with Crippen molar-refractivity contribution < 1.29 is 22.7 Å². The number of rotatable bonds is 6. The van der Waals surface area contributed by atoms with E-state index in [1.54, 1.807) is 38.2 Å². The zero-order chi connectivity index (χ0) is 19.4. The maximum Gasteiger partial charge on any atom is 0.416 e. The molecule has 0 spiro atoms. The Hall–Kier alpha value is -2.31. The summed E-state index contributed by atoms with van der Waals surface area (Å²) in [5, 5.41) is 1.40. The summed E-state index contributed by atoms with van der Waals surface area (Å²) in [6, 6.07) is 14.7. The second-order valence-electron chi connectivity index (χ2n) is 5.98. The predicted molar refractivity (Wildman–Crippen MR) is 95.6 cm³/mol. The fourth-order valence-corrected chi connectivity index (χ4v) is 2.70. The normalized spacial score (nSPS) is 15.0. The van der Waals surface area contributed by atoms with E-state index in [2.05, 4.69) is 0 Å². The molecule has 0 bridgehead atoms. The summed E-state index contributed by atoms with van der Waals surface area (Å²) in [5.74, 6) is 0.495. The molecule has 0 saturated heterocycles. The predicted octanol–water partition coefficient (Wildman–Crippen LogP) is 5.05. The number of nitrogens with zero attached hydrogens (tertiary/aromatic N) is 1. The molecule has 0 aliphatic heterocycles. The van der Waals surface area contributed by atoms with E-state index in [1.807, 2.05) is 6.07 Å². The minimum absolute atomic E-state index is 0.0601. The van der Waals surface area contributed by atoms with Gasteiger partial charge in [-0.2, -0.15) is 18.2 Å². The van der Waals surface area contributed by atoms with Gasteiger partial charge in [-0.1, -0.05) is 42.5 Å². The molecule has 0 radical (unpaired) electrons. The van der Waals surface area contributed by atoms with Crippen molar-refractivity contribution in [2.24, 2.45) is 0 Å². The summed E-state index contributed by atoms with van der Waals surface area (Å²) in [6.07, 6.45) is -3.34. The van der Waals surface area contributed by atoms with Gasteiger partial charge in [-0.25, -0.2) is 0 Å². The Kier molecular flexibility index (Phi) is 6.10. The van der Waals surface area contributed by atoms with Crippen LogP contribution in [-0.4, -0.2) is 32.5 Å². The number of ether oxygens (including phenoxy) is 1. The third-order valence-corrected chi connectivity index (χ3v) is 4.42. The van der Waals surface area contributed by atoms with Gasteiger partial charge in [0, 0.05) is 7.05 Å². The van der Waals surface area contributed by atoms with Crippen LogP contribution in [0.25, 0.3) is 5.57 Å². The van der Waals surface area contributed by atoms with E-state index in [0.29, 0.717) is 11.3 Å². The highest BCUT2D eigenvalue weighted by molar-refractivity contribution is 5.71. The van der Waals surface area contributed by atoms with Gasteiger partial charge in [0.1, 0.15) is 5.75 Å². The van der Waals surface area contributed by atoms with Crippen LogP contribution in [0.5, 0.6) is 5.75 Å². The standard InChI is InChI=1S/C20H22F3NO2/c1-19(24(2)26-4,16-8-6-5-7-9-16)14-18(20(21,22)23)15-10-12-17(25-3)13-11-15/h5-14H,1-4H3/b18-14+. The molecule has 0 saturated carbocycles. The first kappa shape index (κ1) is 20.0. The van der Waals surface area contributed by atoms with Crippen molar-refractivity contribution in [3.8, 4) is 5.75 Å². The summed E-state index contributed by atoms with van der Waals surface area (Å²) < 4.78 is 46.6. The Morgan fingerprint density at radius 1 is 0.962 bits per heavy atom. The van der Waals surface area contributed by atoms with Crippen LogP contribution in [0.15, 0.2) is 60.7 Å². The van der Waals surface area contributed by atoms with Crippen molar-refractivity contribution >= 4 is 5.57 Å². The van der Waals surface area contributed by atoms with Gasteiger partial charge in [-0.3, -0.25) is 0 Å². The van der Waals surface area contributed by atoms with E-state index in [0.717, 1.165) is 0 Å². The van der Waals surface area contributed by atoms with Gasteiger partial charge in [0.05, 0.1) is 25.3 Å². The van der Waals surface area contributed by atoms with Crippen LogP contribution in [0.1, 0.15) is 18.1 Å². The number of allylic oxidation sites excluding steroid dienone is 1. The molecule has 3 nitrogen and oxygen atoms in total. The number of hydrogen-bond acceptors (Lipinski definition) is 3.